The highest BCUT2D eigenvalue weighted by Gasteiger charge is 2.25. The molecule has 0 unspecified atom stereocenters. The number of rotatable bonds is 8. The molecule has 0 atom stereocenters. The molecule has 19 heavy (non-hydrogen) atoms. The first-order valence-corrected chi connectivity index (χ1v) is 5.77. The number of amides is 1. The summed E-state index contributed by atoms with van der Waals surface area (Å²) in [6.07, 6.45) is 0.476. The largest absolute Gasteiger partial charge is 0.370 e. The molecule has 1 aromatic heterocycles. The Hall–Kier alpha value is -2.16. The maximum absolute atomic E-state index is 11.0. The van der Waals surface area contributed by atoms with E-state index in [-0.39, 0.29) is 18.9 Å². The lowest BCUT2D eigenvalue weighted by Crippen LogP contribution is -2.21. The Morgan fingerprint density at radius 1 is 1.63 bits per heavy atom. The van der Waals surface area contributed by atoms with Crippen LogP contribution in [0.5, 0.6) is 0 Å². The normalized spacial score (nSPS) is 10.4. The number of nitro groups is 1. The molecule has 0 radical (unpaired) electrons. The maximum Gasteiger partial charge on any atom is 0.333 e. The minimum atomic E-state index is -0.556. The minimum absolute atomic E-state index is 0.0279. The molecule has 0 bridgehead atoms. The van der Waals surface area contributed by atoms with Crippen molar-refractivity contribution in [3.63, 3.8) is 0 Å². The summed E-state index contributed by atoms with van der Waals surface area (Å²) in [6.45, 7) is 2.16. The highest BCUT2D eigenvalue weighted by Crippen LogP contribution is 2.27. The molecule has 0 fully saturated rings. The summed E-state index contributed by atoms with van der Waals surface area (Å²) < 4.78 is 6.38. The first-order valence-electron chi connectivity index (χ1n) is 5.77. The number of carbonyl (C=O) groups is 1. The van der Waals surface area contributed by atoms with Crippen LogP contribution in [0, 0.1) is 10.1 Å². The van der Waals surface area contributed by atoms with Crippen LogP contribution in [0.1, 0.15) is 12.6 Å². The van der Waals surface area contributed by atoms with Crippen molar-refractivity contribution in [1.82, 2.24) is 9.78 Å². The smallest absolute Gasteiger partial charge is 0.333 e. The van der Waals surface area contributed by atoms with Crippen LogP contribution >= 0.6 is 0 Å². The Labute approximate surface area is 109 Å². The van der Waals surface area contributed by atoms with Crippen LogP contribution in [0.3, 0.4) is 0 Å². The Kier molecular flexibility index (Phi) is 5.24. The molecule has 0 saturated heterocycles. The summed E-state index contributed by atoms with van der Waals surface area (Å²) in [5.74, 6) is -0.232. The molecule has 0 spiro atoms. The third kappa shape index (κ3) is 3.91. The average Bonchev–Trinajstić information content (AvgIpc) is 2.65. The van der Waals surface area contributed by atoms with Crippen molar-refractivity contribution in [2.24, 2.45) is 12.8 Å². The lowest BCUT2D eigenvalue weighted by atomic mass is 10.3. The summed E-state index contributed by atoms with van der Waals surface area (Å²) in [5, 5.41) is 18.0. The van der Waals surface area contributed by atoms with E-state index in [0.29, 0.717) is 24.5 Å². The van der Waals surface area contributed by atoms with Gasteiger partial charge in [0.1, 0.15) is 12.3 Å². The van der Waals surface area contributed by atoms with Gasteiger partial charge in [-0.05, 0) is 6.42 Å². The Balaban J connectivity index is 2.64. The van der Waals surface area contributed by atoms with Gasteiger partial charge in [0.2, 0.25) is 11.7 Å². The molecule has 1 aromatic rings. The Morgan fingerprint density at radius 2 is 2.32 bits per heavy atom. The standard InChI is InChI=1S/C10H17N5O4/c1-3-7-9(15(17)18)10(14(2)13-7)12-4-5-19-6-8(11)16/h12H,3-6H2,1-2H3,(H2,11,16). The molecule has 0 aliphatic rings. The molecule has 0 saturated carbocycles. The topological polar surface area (TPSA) is 125 Å². The van der Waals surface area contributed by atoms with Crippen molar-refractivity contribution in [1.29, 1.82) is 0 Å². The fraction of sp³-hybridized carbons (Fsp3) is 0.600. The lowest BCUT2D eigenvalue weighted by molar-refractivity contribution is -0.384. The molecule has 1 rings (SSSR count). The Morgan fingerprint density at radius 3 is 2.84 bits per heavy atom. The number of hydrogen-bond acceptors (Lipinski definition) is 6. The van der Waals surface area contributed by atoms with Crippen LogP contribution in [0.15, 0.2) is 0 Å². The van der Waals surface area contributed by atoms with E-state index in [1.54, 1.807) is 14.0 Å². The molecule has 1 amide bonds. The molecule has 0 aromatic carbocycles. The number of aryl methyl sites for hydroxylation is 2. The zero-order chi connectivity index (χ0) is 14.4. The van der Waals surface area contributed by atoms with Crippen molar-refractivity contribution in [2.45, 2.75) is 13.3 Å². The number of nitrogens with zero attached hydrogens (tertiary/aromatic N) is 3. The van der Waals surface area contributed by atoms with Gasteiger partial charge >= 0.3 is 5.69 Å². The molecular weight excluding hydrogens is 254 g/mol. The molecule has 1 heterocycles. The van der Waals surface area contributed by atoms with Crippen LogP contribution in [-0.4, -0.2) is 40.4 Å². The van der Waals surface area contributed by atoms with Crippen molar-refractivity contribution in [3.05, 3.63) is 15.8 Å². The SMILES string of the molecule is CCc1nn(C)c(NCCOCC(N)=O)c1[N+](=O)[O-]. The fourth-order valence-electron chi connectivity index (χ4n) is 1.61. The number of carbonyl (C=O) groups excluding carboxylic acids is 1. The summed E-state index contributed by atoms with van der Waals surface area (Å²) in [7, 11) is 1.62. The van der Waals surface area contributed by atoms with Gasteiger partial charge in [-0.2, -0.15) is 5.10 Å². The summed E-state index contributed by atoms with van der Waals surface area (Å²) >= 11 is 0. The lowest BCUT2D eigenvalue weighted by Gasteiger charge is -2.06. The van der Waals surface area contributed by atoms with Crippen LogP contribution in [0.2, 0.25) is 0 Å². The highest BCUT2D eigenvalue weighted by molar-refractivity contribution is 5.74. The highest BCUT2D eigenvalue weighted by atomic mass is 16.6. The predicted octanol–water partition coefficient (Wildman–Crippen LogP) is -0.195. The average molecular weight is 271 g/mol. The van der Waals surface area contributed by atoms with E-state index >= 15 is 0 Å². The van der Waals surface area contributed by atoms with Gasteiger partial charge in [0.05, 0.1) is 11.5 Å². The van der Waals surface area contributed by atoms with E-state index < -0.39 is 10.8 Å². The van der Waals surface area contributed by atoms with Gasteiger partial charge in [-0.1, -0.05) is 6.92 Å². The third-order valence-corrected chi connectivity index (χ3v) is 2.39. The van der Waals surface area contributed by atoms with Gasteiger partial charge in [-0.25, -0.2) is 4.68 Å². The van der Waals surface area contributed by atoms with Gasteiger partial charge in [-0.15, -0.1) is 0 Å². The zero-order valence-corrected chi connectivity index (χ0v) is 10.9. The number of anilines is 1. The van der Waals surface area contributed by atoms with Crippen molar-refractivity contribution < 1.29 is 14.5 Å². The zero-order valence-electron chi connectivity index (χ0n) is 10.9. The second kappa shape index (κ2) is 6.69. The van der Waals surface area contributed by atoms with Gasteiger partial charge in [0.15, 0.2) is 0 Å². The molecular formula is C10H17N5O4. The third-order valence-electron chi connectivity index (χ3n) is 2.39. The van der Waals surface area contributed by atoms with E-state index in [1.807, 2.05) is 0 Å². The molecule has 0 aliphatic carbocycles. The molecule has 9 nitrogen and oxygen atoms in total. The first-order chi connectivity index (χ1) is 8.97. The summed E-state index contributed by atoms with van der Waals surface area (Å²) in [6, 6.07) is 0. The Bertz CT molecular complexity index is 471. The first kappa shape index (κ1) is 14.9. The molecule has 106 valence electrons. The van der Waals surface area contributed by atoms with Gasteiger partial charge in [0.25, 0.3) is 0 Å². The maximum atomic E-state index is 11.0. The second-order valence-corrected chi connectivity index (χ2v) is 3.82. The van der Waals surface area contributed by atoms with Gasteiger partial charge in [-0.3, -0.25) is 14.9 Å². The summed E-state index contributed by atoms with van der Waals surface area (Å²) in [5.41, 5.74) is 5.30. The van der Waals surface area contributed by atoms with Crippen LogP contribution < -0.4 is 11.1 Å². The van der Waals surface area contributed by atoms with Gasteiger partial charge in [0, 0.05) is 13.6 Å². The molecule has 3 N–H and O–H groups in total. The van der Waals surface area contributed by atoms with Crippen molar-refractivity contribution >= 4 is 17.4 Å². The van der Waals surface area contributed by atoms with Crippen molar-refractivity contribution in [2.75, 3.05) is 25.1 Å². The van der Waals surface area contributed by atoms with E-state index in [9.17, 15) is 14.9 Å². The number of ether oxygens (including phenoxy) is 1. The van der Waals surface area contributed by atoms with E-state index in [0.717, 1.165) is 0 Å². The fourth-order valence-corrected chi connectivity index (χ4v) is 1.61. The molecule has 0 aliphatic heterocycles. The van der Waals surface area contributed by atoms with E-state index in [1.165, 1.54) is 4.68 Å². The number of hydrogen-bond donors (Lipinski definition) is 2. The number of nitrogens with one attached hydrogen (secondary N) is 1. The minimum Gasteiger partial charge on any atom is -0.370 e. The van der Waals surface area contributed by atoms with E-state index in [4.69, 9.17) is 10.5 Å². The predicted molar refractivity (Wildman–Crippen MR) is 67.7 cm³/mol. The monoisotopic (exact) mass is 271 g/mol. The number of nitrogens with two attached hydrogens (primary N) is 1. The number of primary amides is 1. The second-order valence-electron chi connectivity index (χ2n) is 3.82. The van der Waals surface area contributed by atoms with Crippen LogP contribution in [0.25, 0.3) is 0 Å². The van der Waals surface area contributed by atoms with E-state index in [2.05, 4.69) is 10.4 Å². The van der Waals surface area contributed by atoms with Crippen molar-refractivity contribution in [3.8, 4) is 0 Å². The summed E-state index contributed by atoms with van der Waals surface area (Å²) in [4.78, 5) is 21.0. The number of aromatic nitrogens is 2. The van der Waals surface area contributed by atoms with Gasteiger partial charge < -0.3 is 15.8 Å². The quantitative estimate of drug-likeness (QED) is 0.383. The van der Waals surface area contributed by atoms with Crippen LogP contribution in [0.4, 0.5) is 11.5 Å². The molecule has 9 heteroatoms. The van der Waals surface area contributed by atoms with Crippen LogP contribution in [-0.2, 0) is 23.0 Å².